The van der Waals surface area contributed by atoms with Gasteiger partial charge in [0.05, 0.1) is 17.5 Å². The monoisotopic (exact) mass is 680 g/mol. The smallest absolute Gasteiger partial charge is 0.253 e. The number of halogens is 4. The second-order valence-electron chi connectivity index (χ2n) is 10.2. The van der Waals surface area contributed by atoms with E-state index < -0.39 is 45.2 Å². The number of benzene rings is 2. The third kappa shape index (κ3) is 3.25. The van der Waals surface area contributed by atoms with Crippen LogP contribution in [0, 0.1) is 17.8 Å². The number of likely N-dealkylation sites (tertiary alicyclic amines) is 1. The molecule has 0 aromatic heterocycles. The standard InChI is InChI=1S/C27H20Br2Cl2N2O5/c1-32-24(37)26(30)11-18-15(21(27(26,31)25(32)38)17-10-13(29)4-9-19(17)34)7-8-16-20(18)23(36)33(22(16)35)14-5-2-12(28)3-6-14/h2-7,9-10,16,18,20-21,34H,8,11H2,1H3. The summed E-state index contributed by atoms with van der Waals surface area (Å²) in [4.78, 5) is 52.8. The molecule has 0 spiro atoms. The number of nitrogens with zero attached hydrogens (tertiary/aromatic N) is 2. The van der Waals surface area contributed by atoms with Gasteiger partial charge in [0, 0.05) is 27.5 Å². The van der Waals surface area contributed by atoms with Crippen molar-refractivity contribution in [2.75, 3.05) is 11.9 Å². The summed E-state index contributed by atoms with van der Waals surface area (Å²) in [6.07, 6.45) is 1.99. The lowest BCUT2D eigenvalue weighted by molar-refractivity contribution is -0.138. The van der Waals surface area contributed by atoms with Crippen molar-refractivity contribution < 1.29 is 24.3 Å². The Morgan fingerprint density at radius 3 is 2.26 bits per heavy atom. The highest BCUT2D eigenvalue weighted by Crippen LogP contribution is 2.66. The first-order valence-corrected chi connectivity index (χ1v) is 14.3. The summed E-state index contributed by atoms with van der Waals surface area (Å²) in [6.45, 7) is 0. The zero-order valence-electron chi connectivity index (χ0n) is 19.8. The normalized spacial score (nSPS) is 34.3. The molecule has 2 aliphatic carbocycles. The van der Waals surface area contributed by atoms with Crippen molar-refractivity contribution in [2.45, 2.75) is 28.5 Å². The molecule has 7 nitrogen and oxygen atoms in total. The van der Waals surface area contributed by atoms with E-state index in [9.17, 15) is 24.3 Å². The first kappa shape index (κ1) is 26.0. The molecule has 0 bridgehead atoms. The van der Waals surface area contributed by atoms with Gasteiger partial charge >= 0.3 is 0 Å². The third-order valence-electron chi connectivity index (χ3n) is 8.40. The van der Waals surface area contributed by atoms with Crippen LogP contribution in [-0.2, 0) is 19.2 Å². The molecule has 4 amide bonds. The first-order chi connectivity index (χ1) is 17.9. The number of alkyl halides is 2. The maximum Gasteiger partial charge on any atom is 0.253 e. The van der Waals surface area contributed by atoms with Gasteiger partial charge in [-0.15, -0.1) is 23.2 Å². The predicted molar refractivity (Wildman–Crippen MR) is 148 cm³/mol. The Labute approximate surface area is 245 Å². The molecule has 196 valence electrons. The molecule has 0 radical (unpaired) electrons. The Morgan fingerprint density at radius 2 is 1.58 bits per heavy atom. The summed E-state index contributed by atoms with van der Waals surface area (Å²) in [6, 6.07) is 11.6. The number of imide groups is 2. The van der Waals surface area contributed by atoms with Crippen LogP contribution in [0.15, 0.2) is 63.1 Å². The van der Waals surface area contributed by atoms with E-state index in [-0.39, 0.29) is 30.4 Å². The van der Waals surface area contributed by atoms with Gasteiger partial charge < -0.3 is 5.11 Å². The fraction of sp³-hybridized carbons (Fsp3) is 0.333. The number of phenolic OH excluding ortho intramolecular Hbond substituents is 1. The van der Waals surface area contributed by atoms with Crippen molar-refractivity contribution in [1.82, 2.24) is 4.90 Å². The van der Waals surface area contributed by atoms with Crippen LogP contribution < -0.4 is 4.90 Å². The number of fused-ring (bicyclic) bond motifs is 4. The van der Waals surface area contributed by atoms with E-state index in [1.807, 2.05) is 6.08 Å². The SMILES string of the molecule is CN1C(=O)C2(Cl)CC3C(=CCC4C(=O)N(c5ccc(Br)cc5)C(=O)C43)C(c3cc(Br)ccc3O)C2(Cl)C1=O. The fourth-order valence-corrected chi connectivity index (χ4v) is 8.35. The van der Waals surface area contributed by atoms with Crippen LogP contribution in [0.25, 0.3) is 0 Å². The van der Waals surface area contributed by atoms with Crippen molar-refractivity contribution in [2.24, 2.45) is 17.8 Å². The van der Waals surface area contributed by atoms with Gasteiger partial charge in [0.15, 0.2) is 9.75 Å². The number of carbonyl (C=O) groups excluding carboxylic acids is 4. The van der Waals surface area contributed by atoms with E-state index in [0.717, 1.165) is 9.37 Å². The topological polar surface area (TPSA) is 95.0 Å². The summed E-state index contributed by atoms with van der Waals surface area (Å²) in [5.41, 5.74) is 1.39. The molecule has 6 rings (SSSR count). The Hall–Kier alpha value is -2.20. The molecule has 1 saturated carbocycles. The maximum atomic E-state index is 13.9. The highest BCUT2D eigenvalue weighted by atomic mass is 79.9. The second kappa shape index (κ2) is 8.65. The molecule has 6 atom stereocenters. The average molecular weight is 683 g/mol. The molecular formula is C27H20Br2Cl2N2O5. The van der Waals surface area contributed by atoms with Crippen molar-refractivity contribution in [3.05, 3.63) is 68.6 Å². The highest BCUT2D eigenvalue weighted by molar-refractivity contribution is 9.10. The van der Waals surface area contributed by atoms with Crippen LogP contribution >= 0.6 is 55.1 Å². The molecule has 11 heteroatoms. The van der Waals surface area contributed by atoms with Crippen LogP contribution in [0.1, 0.15) is 24.3 Å². The molecule has 2 aromatic rings. The van der Waals surface area contributed by atoms with E-state index in [1.54, 1.807) is 36.4 Å². The molecule has 38 heavy (non-hydrogen) atoms. The van der Waals surface area contributed by atoms with Gasteiger partial charge in [0.25, 0.3) is 11.8 Å². The Morgan fingerprint density at radius 1 is 0.921 bits per heavy atom. The van der Waals surface area contributed by atoms with Crippen molar-refractivity contribution >= 4 is 84.4 Å². The van der Waals surface area contributed by atoms with E-state index in [0.29, 0.717) is 21.3 Å². The molecule has 1 N–H and O–H groups in total. The van der Waals surface area contributed by atoms with E-state index in [1.165, 1.54) is 18.0 Å². The molecule has 6 unspecified atom stereocenters. The quantitative estimate of drug-likeness (QED) is 0.270. The summed E-state index contributed by atoms with van der Waals surface area (Å²) in [5, 5.41) is 10.9. The summed E-state index contributed by atoms with van der Waals surface area (Å²) >= 11 is 21.0. The number of allylic oxidation sites excluding steroid dienone is 2. The van der Waals surface area contributed by atoms with Gasteiger partial charge in [-0.3, -0.25) is 29.0 Å². The number of aromatic hydroxyl groups is 1. The van der Waals surface area contributed by atoms with Crippen LogP contribution in [0.3, 0.4) is 0 Å². The highest BCUT2D eigenvalue weighted by Gasteiger charge is 2.76. The number of rotatable bonds is 2. The number of carbonyl (C=O) groups is 4. The minimum absolute atomic E-state index is 0.0988. The lowest BCUT2D eigenvalue weighted by Crippen LogP contribution is -2.60. The molecular weight excluding hydrogens is 663 g/mol. The minimum atomic E-state index is -1.94. The van der Waals surface area contributed by atoms with Gasteiger partial charge in [-0.25, -0.2) is 0 Å². The molecule has 4 aliphatic rings. The van der Waals surface area contributed by atoms with Crippen molar-refractivity contribution in [1.29, 1.82) is 0 Å². The van der Waals surface area contributed by atoms with Crippen LogP contribution in [0.2, 0.25) is 0 Å². The summed E-state index contributed by atoms with van der Waals surface area (Å²) in [5.74, 6) is -5.28. The lowest BCUT2D eigenvalue weighted by Gasteiger charge is -2.50. The molecule has 2 heterocycles. The lowest BCUT2D eigenvalue weighted by atomic mass is 9.56. The number of amides is 4. The van der Waals surface area contributed by atoms with Crippen molar-refractivity contribution in [3.63, 3.8) is 0 Å². The zero-order chi connectivity index (χ0) is 27.3. The van der Waals surface area contributed by atoms with Gasteiger partial charge in [-0.05, 0) is 61.2 Å². The molecule has 2 saturated heterocycles. The third-order valence-corrected chi connectivity index (χ3v) is 10.8. The summed E-state index contributed by atoms with van der Waals surface area (Å²) < 4.78 is 1.43. The van der Waals surface area contributed by atoms with Crippen LogP contribution in [0.4, 0.5) is 5.69 Å². The van der Waals surface area contributed by atoms with Gasteiger partial charge in [0.1, 0.15) is 5.75 Å². The number of hydrogen-bond acceptors (Lipinski definition) is 5. The second-order valence-corrected chi connectivity index (χ2v) is 13.3. The van der Waals surface area contributed by atoms with E-state index in [2.05, 4.69) is 31.9 Å². The summed E-state index contributed by atoms with van der Waals surface area (Å²) in [7, 11) is 1.33. The fourth-order valence-electron chi connectivity index (χ4n) is 6.69. The number of anilines is 1. The molecule has 2 aliphatic heterocycles. The van der Waals surface area contributed by atoms with Crippen LogP contribution in [-0.4, -0.2) is 50.4 Å². The first-order valence-electron chi connectivity index (χ1n) is 11.9. The largest absolute Gasteiger partial charge is 0.508 e. The van der Waals surface area contributed by atoms with E-state index >= 15 is 0 Å². The number of phenols is 1. The maximum absolute atomic E-state index is 13.9. The van der Waals surface area contributed by atoms with Crippen LogP contribution in [0.5, 0.6) is 5.75 Å². The average Bonchev–Trinajstić information content (AvgIpc) is 3.21. The van der Waals surface area contributed by atoms with Gasteiger partial charge in [-0.2, -0.15) is 0 Å². The molecule has 2 aromatic carbocycles. The molecule has 3 fully saturated rings. The van der Waals surface area contributed by atoms with Crippen molar-refractivity contribution in [3.8, 4) is 5.75 Å². The van der Waals surface area contributed by atoms with Gasteiger partial charge in [-0.1, -0.05) is 43.5 Å². The Balaban J connectivity index is 1.53. The number of hydrogen-bond donors (Lipinski definition) is 1. The zero-order valence-corrected chi connectivity index (χ0v) is 24.5. The minimum Gasteiger partial charge on any atom is -0.508 e. The van der Waals surface area contributed by atoms with E-state index in [4.69, 9.17) is 23.2 Å². The Kier molecular flexibility index (Phi) is 5.93. The van der Waals surface area contributed by atoms with Gasteiger partial charge in [0.2, 0.25) is 11.8 Å². The predicted octanol–water partition coefficient (Wildman–Crippen LogP) is 5.11. The Bertz CT molecular complexity index is 1480.